The second-order valence-corrected chi connectivity index (χ2v) is 4.97. The van der Waals surface area contributed by atoms with Gasteiger partial charge in [-0.25, -0.2) is 9.37 Å². The third kappa shape index (κ3) is 2.19. The number of thiazole rings is 1. The van der Waals surface area contributed by atoms with Crippen LogP contribution in [0.4, 0.5) is 9.52 Å². The van der Waals surface area contributed by atoms with E-state index in [1.807, 2.05) is 0 Å². The van der Waals surface area contributed by atoms with E-state index < -0.39 is 5.82 Å². The number of benzene rings is 1. The highest BCUT2D eigenvalue weighted by Gasteiger charge is 2.13. The van der Waals surface area contributed by atoms with Crippen molar-refractivity contribution in [1.82, 2.24) is 14.8 Å². The van der Waals surface area contributed by atoms with Gasteiger partial charge in [0.1, 0.15) is 11.3 Å². The standard InChI is InChI=1S/C12H9FN4OS/c1-17-6-5-8(16-17)11(18)15-12-14-10-7(13)3-2-4-9(10)19-12/h2-6H,1H3,(H,14,15,18). The second kappa shape index (κ2) is 4.43. The van der Waals surface area contributed by atoms with Crippen molar-refractivity contribution in [2.45, 2.75) is 0 Å². The van der Waals surface area contributed by atoms with Crippen molar-refractivity contribution >= 4 is 32.6 Å². The number of amides is 1. The van der Waals surface area contributed by atoms with E-state index >= 15 is 0 Å². The van der Waals surface area contributed by atoms with Gasteiger partial charge in [0.25, 0.3) is 5.91 Å². The molecule has 96 valence electrons. The number of hydrogen-bond donors (Lipinski definition) is 1. The number of para-hydroxylation sites is 1. The van der Waals surface area contributed by atoms with Crippen LogP contribution >= 0.6 is 11.3 Å². The van der Waals surface area contributed by atoms with Crippen LogP contribution in [0.3, 0.4) is 0 Å². The van der Waals surface area contributed by atoms with Crippen LogP contribution in [-0.2, 0) is 7.05 Å². The summed E-state index contributed by atoms with van der Waals surface area (Å²) in [7, 11) is 1.73. The molecule has 3 aromatic rings. The summed E-state index contributed by atoms with van der Waals surface area (Å²) < 4.78 is 15.7. The van der Waals surface area contributed by atoms with Crippen LogP contribution in [0.5, 0.6) is 0 Å². The van der Waals surface area contributed by atoms with Gasteiger partial charge in [0.05, 0.1) is 4.70 Å². The average molecular weight is 276 g/mol. The first-order valence-electron chi connectivity index (χ1n) is 5.49. The Morgan fingerprint density at radius 3 is 2.95 bits per heavy atom. The van der Waals surface area contributed by atoms with Crippen LogP contribution in [-0.4, -0.2) is 20.7 Å². The molecule has 1 aromatic carbocycles. The molecule has 0 saturated heterocycles. The SMILES string of the molecule is Cn1ccc(C(=O)Nc2nc3c(F)cccc3s2)n1. The predicted molar refractivity (Wildman–Crippen MR) is 70.7 cm³/mol. The fourth-order valence-corrected chi connectivity index (χ4v) is 2.54. The van der Waals surface area contributed by atoms with Gasteiger partial charge in [0, 0.05) is 13.2 Å². The maximum Gasteiger partial charge on any atom is 0.277 e. The Balaban J connectivity index is 1.89. The predicted octanol–water partition coefficient (Wildman–Crippen LogP) is 2.42. The summed E-state index contributed by atoms with van der Waals surface area (Å²) in [6.07, 6.45) is 1.67. The maximum atomic E-state index is 13.5. The Morgan fingerprint density at radius 2 is 2.26 bits per heavy atom. The van der Waals surface area contributed by atoms with Gasteiger partial charge in [-0.2, -0.15) is 5.10 Å². The summed E-state index contributed by atoms with van der Waals surface area (Å²) in [5, 5.41) is 6.96. The van der Waals surface area contributed by atoms with E-state index in [1.54, 1.807) is 31.4 Å². The fourth-order valence-electron chi connectivity index (χ4n) is 1.67. The molecular weight excluding hydrogens is 267 g/mol. The number of aryl methyl sites for hydroxylation is 1. The minimum absolute atomic E-state index is 0.267. The summed E-state index contributed by atoms with van der Waals surface area (Å²) in [5.41, 5.74) is 0.561. The first-order valence-corrected chi connectivity index (χ1v) is 6.31. The number of aromatic nitrogens is 3. The number of carbonyl (C=O) groups is 1. The normalized spacial score (nSPS) is 10.8. The first kappa shape index (κ1) is 11.8. The molecule has 19 heavy (non-hydrogen) atoms. The molecule has 0 saturated carbocycles. The smallest absolute Gasteiger partial charge is 0.277 e. The molecule has 0 radical (unpaired) electrons. The summed E-state index contributed by atoms with van der Waals surface area (Å²) in [6.45, 7) is 0. The number of fused-ring (bicyclic) bond motifs is 1. The van der Waals surface area contributed by atoms with Crippen LogP contribution in [0.15, 0.2) is 30.5 Å². The minimum Gasteiger partial charge on any atom is -0.296 e. The van der Waals surface area contributed by atoms with Crippen LogP contribution in [0.2, 0.25) is 0 Å². The number of halogens is 1. The van der Waals surface area contributed by atoms with E-state index in [1.165, 1.54) is 22.1 Å². The molecule has 0 bridgehead atoms. The lowest BCUT2D eigenvalue weighted by Crippen LogP contribution is -2.12. The van der Waals surface area contributed by atoms with E-state index in [4.69, 9.17) is 0 Å². The molecule has 1 amide bonds. The number of rotatable bonds is 2. The lowest BCUT2D eigenvalue weighted by atomic mass is 10.3. The molecule has 0 aliphatic carbocycles. The zero-order valence-electron chi connectivity index (χ0n) is 9.92. The largest absolute Gasteiger partial charge is 0.296 e. The Kier molecular flexibility index (Phi) is 2.75. The van der Waals surface area contributed by atoms with Crippen molar-refractivity contribution in [3.63, 3.8) is 0 Å². The van der Waals surface area contributed by atoms with E-state index in [0.717, 1.165) is 0 Å². The van der Waals surface area contributed by atoms with Crippen molar-refractivity contribution in [2.24, 2.45) is 7.05 Å². The molecule has 0 aliphatic heterocycles. The van der Waals surface area contributed by atoms with Crippen LogP contribution < -0.4 is 5.32 Å². The average Bonchev–Trinajstić information content (AvgIpc) is 2.96. The zero-order valence-corrected chi connectivity index (χ0v) is 10.7. The van der Waals surface area contributed by atoms with Crippen LogP contribution in [0.1, 0.15) is 10.5 Å². The molecule has 0 spiro atoms. The lowest BCUT2D eigenvalue weighted by Gasteiger charge is -1.96. The first-order chi connectivity index (χ1) is 9.13. The van der Waals surface area contributed by atoms with Crippen molar-refractivity contribution in [1.29, 1.82) is 0 Å². The molecule has 3 rings (SSSR count). The monoisotopic (exact) mass is 276 g/mol. The number of hydrogen-bond acceptors (Lipinski definition) is 4. The van der Waals surface area contributed by atoms with Gasteiger partial charge < -0.3 is 0 Å². The molecule has 0 atom stereocenters. The fraction of sp³-hybridized carbons (Fsp3) is 0.0833. The summed E-state index contributed by atoms with van der Waals surface area (Å²) >= 11 is 1.22. The van der Waals surface area contributed by atoms with Crippen molar-refractivity contribution in [3.8, 4) is 0 Å². The zero-order chi connectivity index (χ0) is 13.4. The number of carbonyl (C=O) groups excluding carboxylic acids is 1. The van der Waals surface area contributed by atoms with Gasteiger partial charge in [-0.3, -0.25) is 14.8 Å². The summed E-state index contributed by atoms with van der Waals surface area (Å²) in [6, 6.07) is 6.31. The van der Waals surface area contributed by atoms with E-state index in [9.17, 15) is 9.18 Å². The quantitative estimate of drug-likeness (QED) is 0.782. The van der Waals surface area contributed by atoms with Crippen molar-refractivity contribution in [2.75, 3.05) is 5.32 Å². The molecule has 7 heteroatoms. The van der Waals surface area contributed by atoms with E-state index in [2.05, 4.69) is 15.4 Å². The molecule has 2 heterocycles. The topological polar surface area (TPSA) is 59.8 Å². The molecule has 0 aliphatic rings. The third-order valence-corrected chi connectivity index (χ3v) is 3.47. The van der Waals surface area contributed by atoms with Gasteiger partial charge in [-0.15, -0.1) is 0 Å². The van der Waals surface area contributed by atoms with E-state index in [-0.39, 0.29) is 11.4 Å². The molecule has 1 N–H and O–H groups in total. The van der Waals surface area contributed by atoms with Crippen LogP contribution in [0, 0.1) is 5.82 Å². The van der Waals surface area contributed by atoms with Gasteiger partial charge in [0.15, 0.2) is 10.8 Å². The number of anilines is 1. The van der Waals surface area contributed by atoms with Crippen LogP contribution in [0.25, 0.3) is 10.2 Å². The number of nitrogens with one attached hydrogen (secondary N) is 1. The highest BCUT2D eigenvalue weighted by Crippen LogP contribution is 2.27. The number of nitrogens with zero attached hydrogens (tertiary/aromatic N) is 3. The third-order valence-electron chi connectivity index (χ3n) is 2.54. The van der Waals surface area contributed by atoms with Crippen molar-refractivity contribution in [3.05, 3.63) is 42.0 Å². The Morgan fingerprint density at radius 1 is 1.42 bits per heavy atom. The van der Waals surface area contributed by atoms with E-state index in [0.29, 0.717) is 15.5 Å². The molecular formula is C12H9FN4OS. The summed E-state index contributed by atoms with van der Waals surface area (Å²) in [4.78, 5) is 15.9. The molecule has 0 fully saturated rings. The Labute approximate surface area is 111 Å². The molecule has 2 aromatic heterocycles. The highest BCUT2D eigenvalue weighted by molar-refractivity contribution is 7.22. The minimum atomic E-state index is -0.396. The molecule has 5 nitrogen and oxygen atoms in total. The maximum absolute atomic E-state index is 13.5. The Hall–Kier alpha value is -2.28. The van der Waals surface area contributed by atoms with Gasteiger partial charge in [-0.05, 0) is 18.2 Å². The van der Waals surface area contributed by atoms with Crippen molar-refractivity contribution < 1.29 is 9.18 Å². The van der Waals surface area contributed by atoms with Gasteiger partial charge in [-0.1, -0.05) is 17.4 Å². The second-order valence-electron chi connectivity index (χ2n) is 3.93. The summed E-state index contributed by atoms with van der Waals surface area (Å²) in [5.74, 6) is -0.757. The molecule has 0 unspecified atom stereocenters. The highest BCUT2D eigenvalue weighted by atomic mass is 32.1. The van der Waals surface area contributed by atoms with Gasteiger partial charge in [0.2, 0.25) is 0 Å². The van der Waals surface area contributed by atoms with Gasteiger partial charge >= 0.3 is 0 Å². The lowest BCUT2D eigenvalue weighted by molar-refractivity contribution is 0.102. The Bertz CT molecular complexity index is 764.